The van der Waals surface area contributed by atoms with Crippen LogP contribution >= 0.6 is 0 Å². The number of piperidine rings is 1. The van der Waals surface area contributed by atoms with Crippen LogP contribution in [-0.4, -0.2) is 30.9 Å². The minimum absolute atomic E-state index is 0.200. The molecule has 0 aliphatic carbocycles. The SMILES string of the molecule is CNC(=O)C1CCN(Cc2ccc(C(C)C)cc2)CC1. The summed E-state index contributed by atoms with van der Waals surface area (Å²) < 4.78 is 0. The molecule has 0 aromatic heterocycles. The van der Waals surface area contributed by atoms with Crippen molar-refractivity contribution in [2.24, 2.45) is 5.92 Å². The molecule has 2 rings (SSSR count). The topological polar surface area (TPSA) is 32.3 Å². The van der Waals surface area contributed by atoms with Gasteiger partial charge in [0.05, 0.1) is 0 Å². The molecule has 3 nitrogen and oxygen atoms in total. The first-order valence-electron chi connectivity index (χ1n) is 7.63. The highest BCUT2D eigenvalue weighted by Crippen LogP contribution is 2.20. The van der Waals surface area contributed by atoms with Crippen molar-refractivity contribution >= 4 is 5.91 Å². The second-order valence-electron chi connectivity index (χ2n) is 6.06. The number of hydrogen-bond acceptors (Lipinski definition) is 2. The number of hydrogen-bond donors (Lipinski definition) is 1. The molecular weight excluding hydrogens is 248 g/mol. The first-order chi connectivity index (χ1) is 9.60. The van der Waals surface area contributed by atoms with E-state index in [0.29, 0.717) is 5.92 Å². The zero-order valence-electron chi connectivity index (χ0n) is 12.9. The maximum Gasteiger partial charge on any atom is 0.222 e. The van der Waals surface area contributed by atoms with E-state index in [1.54, 1.807) is 7.05 Å². The number of carbonyl (C=O) groups excluding carboxylic acids is 1. The molecular formula is C17H26N2O. The van der Waals surface area contributed by atoms with E-state index in [1.807, 2.05) is 0 Å². The fourth-order valence-corrected chi connectivity index (χ4v) is 2.82. The fraction of sp³-hybridized carbons (Fsp3) is 0.588. The quantitative estimate of drug-likeness (QED) is 0.915. The average Bonchev–Trinajstić information content (AvgIpc) is 2.48. The molecule has 0 spiro atoms. The number of nitrogens with one attached hydrogen (secondary N) is 1. The van der Waals surface area contributed by atoms with Crippen LogP contribution in [0.2, 0.25) is 0 Å². The van der Waals surface area contributed by atoms with Crippen LogP contribution in [0, 0.1) is 5.92 Å². The predicted molar refractivity (Wildman–Crippen MR) is 82.6 cm³/mol. The van der Waals surface area contributed by atoms with E-state index in [0.717, 1.165) is 32.5 Å². The number of benzene rings is 1. The molecule has 3 heteroatoms. The van der Waals surface area contributed by atoms with Crippen LogP contribution in [-0.2, 0) is 11.3 Å². The molecule has 0 radical (unpaired) electrons. The first kappa shape index (κ1) is 15.0. The van der Waals surface area contributed by atoms with Gasteiger partial charge in [0.1, 0.15) is 0 Å². The van der Waals surface area contributed by atoms with Gasteiger partial charge in [0.15, 0.2) is 0 Å². The molecule has 0 saturated carbocycles. The lowest BCUT2D eigenvalue weighted by molar-refractivity contribution is -0.125. The molecule has 1 heterocycles. The van der Waals surface area contributed by atoms with Crippen molar-refractivity contribution < 1.29 is 4.79 Å². The van der Waals surface area contributed by atoms with E-state index in [1.165, 1.54) is 11.1 Å². The number of likely N-dealkylation sites (tertiary alicyclic amines) is 1. The molecule has 110 valence electrons. The Balaban J connectivity index is 1.84. The maximum atomic E-state index is 11.6. The minimum Gasteiger partial charge on any atom is -0.359 e. The van der Waals surface area contributed by atoms with Crippen molar-refractivity contribution in [2.75, 3.05) is 20.1 Å². The molecule has 1 fully saturated rings. The highest BCUT2D eigenvalue weighted by molar-refractivity contribution is 5.78. The summed E-state index contributed by atoms with van der Waals surface area (Å²) in [4.78, 5) is 14.1. The molecule has 1 aliphatic heterocycles. The van der Waals surface area contributed by atoms with Gasteiger partial charge in [0.25, 0.3) is 0 Å². The van der Waals surface area contributed by atoms with Gasteiger partial charge in [-0.25, -0.2) is 0 Å². The smallest absolute Gasteiger partial charge is 0.222 e. The third-order valence-electron chi connectivity index (χ3n) is 4.26. The molecule has 1 amide bonds. The van der Waals surface area contributed by atoms with Crippen molar-refractivity contribution in [3.05, 3.63) is 35.4 Å². The van der Waals surface area contributed by atoms with Crippen LogP contribution in [0.4, 0.5) is 0 Å². The van der Waals surface area contributed by atoms with Gasteiger partial charge in [-0.05, 0) is 43.0 Å². The molecule has 1 N–H and O–H groups in total. The van der Waals surface area contributed by atoms with Gasteiger partial charge >= 0.3 is 0 Å². The van der Waals surface area contributed by atoms with Gasteiger partial charge in [0, 0.05) is 19.5 Å². The standard InChI is InChI=1S/C17H26N2O/c1-13(2)15-6-4-14(5-7-15)12-19-10-8-16(9-11-19)17(20)18-3/h4-7,13,16H,8-12H2,1-3H3,(H,18,20). The molecule has 0 bridgehead atoms. The van der Waals surface area contributed by atoms with E-state index in [2.05, 4.69) is 48.3 Å². The van der Waals surface area contributed by atoms with Crippen LogP contribution in [0.15, 0.2) is 24.3 Å². The predicted octanol–water partition coefficient (Wildman–Crippen LogP) is 2.77. The Bertz CT molecular complexity index is 431. The van der Waals surface area contributed by atoms with Gasteiger partial charge in [-0.1, -0.05) is 38.1 Å². The summed E-state index contributed by atoms with van der Waals surface area (Å²) in [5.41, 5.74) is 2.76. The molecule has 0 atom stereocenters. The largest absolute Gasteiger partial charge is 0.359 e. The number of nitrogens with zero attached hydrogens (tertiary/aromatic N) is 1. The first-order valence-corrected chi connectivity index (χ1v) is 7.63. The van der Waals surface area contributed by atoms with Crippen molar-refractivity contribution in [1.82, 2.24) is 10.2 Å². The Morgan fingerprint density at radius 1 is 1.25 bits per heavy atom. The summed E-state index contributed by atoms with van der Waals surface area (Å²) in [5, 5.41) is 2.76. The molecule has 1 aromatic carbocycles. The van der Waals surface area contributed by atoms with E-state index >= 15 is 0 Å². The van der Waals surface area contributed by atoms with Gasteiger partial charge in [-0.15, -0.1) is 0 Å². The summed E-state index contributed by atoms with van der Waals surface area (Å²) in [6, 6.07) is 8.94. The molecule has 1 aliphatic rings. The molecule has 20 heavy (non-hydrogen) atoms. The van der Waals surface area contributed by atoms with Crippen molar-refractivity contribution in [2.45, 2.75) is 39.2 Å². The third-order valence-corrected chi connectivity index (χ3v) is 4.26. The lowest BCUT2D eigenvalue weighted by Gasteiger charge is -2.31. The average molecular weight is 274 g/mol. The number of carbonyl (C=O) groups is 1. The van der Waals surface area contributed by atoms with Crippen LogP contribution < -0.4 is 5.32 Å². The van der Waals surface area contributed by atoms with Gasteiger partial charge in [-0.3, -0.25) is 9.69 Å². The van der Waals surface area contributed by atoms with Crippen molar-refractivity contribution in [1.29, 1.82) is 0 Å². The highest BCUT2D eigenvalue weighted by Gasteiger charge is 2.23. The molecule has 1 aromatic rings. The Hall–Kier alpha value is -1.35. The number of rotatable bonds is 4. The summed E-state index contributed by atoms with van der Waals surface area (Å²) in [7, 11) is 1.73. The second kappa shape index (κ2) is 6.89. The van der Waals surface area contributed by atoms with E-state index < -0.39 is 0 Å². The highest BCUT2D eigenvalue weighted by atomic mass is 16.1. The summed E-state index contributed by atoms with van der Waals surface area (Å²) in [6.07, 6.45) is 1.95. The van der Waals surface area contributed by atoms with Crippen molar-refractivity contribution in [3.63, 3.8) is 0 Å². The lowest BCUT2D eigenvalue weighted by Crippen LogP contribution is -2.39. The summed E-state index contributed by atoms with van der Waals surface area (Å²) >= 11 is 0. The van der Waals surface area contributed by atoms with Crippen LogP contribution in [0.3, 0.4) is 0 Å². The van der Waals surface area contributed by atoms with Crippen LogP contribution in [0.5, 0.6) is 0 Å². The van der Waals surface area contributed by atoms with E-state index in [-0.39, 0.29) is 11.8 Å². The van der Waals surface area contributed by atoms with Crippen LogP contribution in [0.25, 0.3) is 0 Å². The normalized spacial score (nSPS) is 17.4. The third kappa shape index (κ3) is 3.83. The van der Waals surface area contributed by atoms with E-state index in [4.69, 9.17) is 0 Å². The zero-order valence-corrected chi connectivity index (χ0v) is 12.9. The van der Waals surface area contributed by atoms with Crippen molar-refractivity contribution in [3.8, 4) is 0 Å². The Morgan fingerprint density at radius 3 is 2.35 bits per heavy atom. The Morgan fingerprint density at radius 2 is 1.85 bits per heavy atom. The maximum absolute atomic E-state index is 11.6. The molecule has 0 unspecified atom stereocenters. The van der Waals surface area contributed by atoms with Gasteiger partial charge in [0.2, 0.25) is 5.91 Å². The zero-order chi connectivity index (χ0) is 14.5. The molecule has 1 saturated heterocycles. The Labute approximate surface area is 122 Å². The fourth-order valence-electron chi connectivity index (χ4n) is 2.82. The number of amides is 1. The summed E-state index contributed by atoms with van der Waals surface area (Å²) in [5.74, 6) is 0.998. The second-order valence-corrected chi connectivity index (χ2v) is 6.06. The van der Waals surface area contributed by atoms with Gasteiger partial charge in [-0.2, -0.15) is 0 Å². The lowest BCUT2D eigenvalue weighted by atomic mass is 9.95. The monoisotopic (exact) mass is 274 g/mol. The van der Waals surface area contributed by atoms with Gasteiger partial charge < -0.3 is 5.32 Å². The van der Waals surface area contributed by atoms with Crippen LogP contribution in [0.1, 0.15) is 43.7 Å². The summed E-state index contributed by atoms with van der Waals surface area (Å²) in [6.45, 7) is 7.48. The Kier molecular flexibility index (Phi) is 5.18. The minimum atomic E-state index is 0.200. The van der Waals surface area contributed by atoms with E-state index in [9.17, 15) is 4.79 Å².